The van der Waals surface area contributed by atoms with Gasteiger partial charge in [-0.15, -0.1) is 11.3 Å². The Morgan fingerprint density at radius 2 is 1.90 bits per heavy atom. The average Bonchev–Trinajstić information content (AvgIpc) is 2.67. The molecule has 5 nitrogen and oxygen atoms in total. The Kier molecular flexibility index (Phi) is 4.09. The molecule has 0 radical (unpaired) electrons. The minimum absolute atomic E-state index is 0.138. The Morgan fingerprint density at radius 1 is 1.24 bits per heavy atom. The molecule has 0 N–H and O–H groups in total. The molecule has 0 saturated heterocycles. The minimum atomic E-state index is -0.493. The third kappa shape index (κ3) is 3.64. The SMILES string of the molecule is Cc1cc(-n2cc(C)s/c2=N\C(=O)C(C)(C)C)nc(C)n1. The molecule has 2 rings (SSSR count). The Balaban J connectivity index is 2.61. The van der Waals surface area contributed by atoms with Crippen LogP contribution in [0.3, 0.4) is 0 Å². The first-order chi connectivity index (χ1) is 9.66. The topological polar surface area (TPSA) is 60.1 Å². The zero-order valence-corrected chi connectivity index (χ0v) is 14.1. The summed E-state index contributed by atoms with van der Waals surface area (Å²) in [6, 6.07) is 1.89. The van der Waals surface area contributed by atoms with Crippen LogP contribution in [0.15, 0.2) is 17.3 Å². The number of amides is 1. The van der Waals surface area contributed by atoms with Crippen molar-refractivity contribution in [3.8, 4) is 5.82 Å². The standard InChI is InChI=1S/C15H20N4OS/c1-9-7-12(17-11(3)16-9)19-8-10(2)21-14(19)18-13(20)15(4,5)6/h7-8H,1-6H3/b18-14-. The second kappa shape index (κ2) is 5.52. The molecule has 0 atom stereocenters. The number of thiazole rings is 1. The highest BCUT2D eigenvalue weighted by atomic mass is 32.1. The van der Waals surface area contributed by atoms with Gasteiger partial charge < -0.3 is 0 Å². The maximum absolute atomic E-state index is 12.2. The molecule has 0 aliphatic heterocycles. The van der Waals surface area contributed by atoms with E-state index >= 15 is 0 Å². The largest absolute Gasteiger partial charge is 0.276 e. The van der Waals surface area contributed by atoms with Crippen LogP contribution < -0.4 is 4.80 Å². The van der Waals surface area contributed by atoms with Crippen molar-refractivity contribution in [3.63, 3.8) is 0 Å². The summed E-state index contributed by atoms with van der Waals surface area (Å²) in [5.74, 6) is 1.31. The summed E-state index contributed by atoms with van der Waals surface area (Å²) in [5.41, 5.74) is 0.398. The molecule has 0 aliphatic carbocycles. The Hall–Kier alpha value is -1.82. The summed E-state index contributed by atoms with van der Waals surface area (Å²) in [7, 11) is 0. The fraction of sp³-hybridized carbons (Fsp3) is 0.467. The maximum Gasteiger partial charge on any atom is 0.253 e. The minimum Gasteiger partial charge on any atom is -0.276 e. The van der Waals surface area contributed by atoms with E-state index in [0.29, 0.717) is 10.6 Å². The Labute approximate surface area is 128 Å². The van der Waals surface area contributed by atoms with E-state index in [9.17, 15) is 4.79 Å². The summed E-state index contributed by atoms with van der Waals surface area (Å²) < 4.78 is 1.85. The molecule has 2 aromatic rings. The van der Waals surface area contributed by atoms with Crippen molar-refractivity contribution in [2.24, 2.45) is 10.4 Å². The predicted octanol–water partition coefficient (Wildman–Crippen LogP) is 2.73. The van der Waals surface area contributed by atoms with Gasteiger partial charge in [-0.05, 0) is 20.8 Å². The first kappa shape index (κ1) is 15.6. The molecular formula is C15H20N4OS. The lowest BCUT2D eigenvalue weighted by Gasteiger charge is -2.11. The molecule has 0 spiro atoms. The van der Waals surface area contributed by atoms with Crippen molar-refractivity contribution in [2.45, 2.75) is 41.5 Å². The lowest BCUT2D eigenvalue weighted by molar-refractivity contribution is -0.125. The summed E-state index contributed by atoms with van der Waals surface area (Å²) in [4.78, 5) is 26.9. The molecule has 0 fully saturated rings. The quantitative estimate of drug-likeness (QED) is 0.814. The summed E-state index contributed by atoms with van der Waals surface area (Å²) in [5, 5.41) is 0. The van der Waals surface area contributed by atoms with Gasteiger partial charge in [-0.1, -0.05) is 20.8 Å². The van der Waals surface area contributed by atoms with Gasteiger partial charge in [-0.25, -0.2) is 9.97 Å². The van der Waals surface area contributed by atoms with E-state index in [4.69, 9.17) is 0 Å². The smallest absolute Gasteiger partial charge is 0.253 e. The summed E-state index contributed by atoms with van der Waals surface area (Å²) in [6.07, 6.45) is 1.95. The third-order valence-electron chi connectivity index (χ3n) is 2.81. The monoisotopic (exact) mass is 304 g/mol. The van der Waals surface area contributed by atoms with Crippen molar-refractivity contribution < 1.29 is 4.79 Å². The van der Waals surface area contributed by atoms with Gasteiger partial charge in [0.2, 0.25) is 0 Å². The van der Waals surface area contributed by atoms with E-state index in [1.165, 1.54) is 11.3 Å². The van der Waals surface area contributed by atoms with Crippen LogP contribution in [0, 0.1) is 26.2 Å². The highest BCUT2D eigenvalue weighted by Gasteiger charge is 2.21. The Morgan fingerprint density at radius 3 is 2.48 bits per heavy atom. The van der Waals surface area contributed by atoms with Crippen LogP contribution >= 0.6 is 11.3 Å². The van der Waals surface area contributed by atoms with Gasteiger partial charge in [-0.3, -0.25) is 9.36 Å². The normalized spacial score (nSPS) is 12.8. The van der Waals surface area contributed by atoms with Gasteiger partial charge in [0.15, 0.2) is 4.80 Å². The molecule has 21 heavy (non-hydrogen) atoms. The molecule has 2 aromatic heterocycles. The second-order valence-corrected chi connectivity index (χ2v) is 7.29. The molecule has 0 unspecified atom stereocenters. The van der Waals surface area contributed by atoms with E-state index < -0.39 is 5.41 Å². The Bertz CT molecular complexity index is 730. The van der Waals surface area contributed by atoms with Gasteiger partial charge in [0.05, 0.1) is 0 Å². The van der Waals surface area contributed by atoms with E-state index in [1.807, 2.05) is 58.4 Å². The van der Waals surface area contributed by atoms with Crippen molar-refractivity contribution in [3.05, 3.63) is 33.5 Å². The molecule has 0 aromatic carbocycles. The van der Waals surface area contributed by atoms with E-state index in [0.717, 1.165) is 16.4 Å². The first-order valence-electron chi connectivity index (χ1n) is 6.78. The van der Waals surface area contributed by atoms with Crippen molar-refractivity contribution in [2.75, 3.05) is 0 Å². The highest BCUT2D eigenvalue weighted by Crippen LogP contribution is 2.15. The zero-order chi connectivity index (χ0) is 15.8. The first-order valence-corrected chi connectivity index (χ1v) is 7.59. The predicted molar refractivity (Wildman–Crippen MR) is 83.5 cm³/mol. The number of carbonyl (C=O) groups excluding carboxylic acids is 1. The molecular weight excluding hydrogens is 284 g/mol. The summed E-state index contributed by atoms with van der Waals surface area (Å²) >= 11 is 1.48. The van der Waals surface area contributed by atoms with E-state index in [-0.39, 0.29) is 5.91 Å². The lowest BCUT2D eigenvalue weighted by atomic mass is 9.96. The van der Waals surface area contributed by atoms with Crippen molar-refractivity contribution in [1.82, 2.24) is 14.5 Å². The number of rotatable bonds is 1. The number of aryl methyl sites for hydroxylation is 3. The number of nitrogens with zero attached hydrogens (tertiary/aromatic N) is 4. The molecule has 112 valence electrons. The van der Waals surface area contributed by atoms with Gasteiger partial charge in [0.25, 0.3) is 5.91 Å². The average molecular weight is 304 g/mol. The number of hydrogen-bond donors (Lipinski definition) is 0. The van der Waals surface area contributed by atoms with Gasteiger partial charge >= 0.3 is 0 Å². The molecule has 0 saturated carbocycles. The van der Waals surface area contributed by atoms with Crippen molar-refractivity contribution in [1.29, 1.82) is 0 Å². The number of aromatic nitrogens is 3. The number of hydrogen-bond acceptors (Lipinski definition) is 4. The van der Waals surface area contributed by atoms with Crippen LogP contribution in [0.4, 0.5) is 0 Å². The summed E-state index contributed by atoms with van der Waals surface area (Å²) in [6.45, 7) is 11.4. The van der Waals surface area contributed by atoms with Gasteiger partial charge in [0.1, 0.15) is 11.6 Å². The highest BCUT2D eigenvalue weighted by molar-refractivity contribution is 7.09. The third-order valence-corrected chi connectivity index (χ3v) is 3.71. The molecule has 1 amide bonds. The van der Waals surface area contributed by atoms with Crippen LogP contribution in [0.25, 0.3) is 5.82 Å². The second-order valence-electron chi connectivity index (χ2n) is 6.08. The molecule has 0 aliphatic rings. The van der Waals surface area contributed by atoms with Crippen LogP contribution in [0.1, 0.15) is 37.2 Å². The van der Waals surface area contributed by atoms with Crippen LogP contribution in [0.2, 0.25) is 0 Å². The van der Waals surface area contributed by atoms with Crippen LogP contribution in [-0.2, 0) is 4.79 Å². The molecule has 0 bridgehead atoms. The van der Waals surface area contributed by atoms with Crippen LogP contribution in [0.5, 0.6) is 0 Å². The van der Waals surface area contributed by atoms with Gasteiger partial charge in [-0.2, -0.15) is 4.99 Å². The van der Waals surface area contributed by atoms with Crippen molar-refractivity contribution >= 4 is 17.2 Å². The maximum atomic E-state index is 12.2. The van der Waals surface area contributed by atoms with Gasteiger partial charge in [0, 0.05) is 28.2 Å². The zero-order valence-electron chi connectivity index (χ0n) is 13.3. The van der Waals surface area contributed by atoms with E-state index in [2.05, 4.69) is 15.0 Å². The fourth-order valence-electron chi connectivity index (χ4n) is 1.77. The van der Waals surface area contributed by atoms with Crippen LogP contribution in [-0.4, -0.2) is 20.4 Å². The van der Waals surface area contributed by atoms with E-state index in [1.54, 1.807) is 0 Å². The number of carbonyl (C=O) groups is 1. The molecule has 6 heteroatoms. The lowest BCUT2D eigenvalue weighted by Crippen LogP contribution is -2.23. The molecule has 2 heterocycles. The fourth-order valence-corrected chi connectivity index (χ4v) is 2.59.